The molecule has 2 aromatic carbocycles. The van der Waals surface area contributed by atoms with Gasteiger partial charge in [-0.05, 0) is 35.9 Å². The van der Waals surface area contributed by atoms with Crippen molar-refractivity contribution < 1.29 is 24.2 Å². The smallest absolute Gasteiger partial charge is 0.337 e. The zero-order valence-electron chi connectivity index (χ0n) is 14.2. The Bertz CT molecular complexity index is 827. The highest BCUT2D eigenvalue weighted by molar-refractivity contribution is 6.00. The molecule has 130 valence electrons. The Hall–Kier alpha value is -3.28. The van der Waals surface area contributed by atoms with Crippen molar-refractivity contribution in [2.75, 3.05) is 19.5 Å². The Balaban J connectivity index is 2.37. The van der Waals surface area contributed by atoms with Crippen LogP contribution in [-0.2, 0) is 4.79 Å². The maximum absolute atomic E-state index is 11.4. The first-order chi connectivity index (χ1) is 11.9. The minimum absolute atomic E-state index is 0.0231. The third-order valence-corrected chi connectivity index (χ3v) is 3.48. The van der Waals surface area contributed by atoms with Gasteiger partial charge in [0.15, 0.2) is 0 Å². The van der Waals surface area contributed by atoms with Crippen LogP contribution in [-0.4, -0.2) is 31.2 Å². The third kappa shape index (κ3) is 4.60. The van der Waals surface area contributed by atoms with Gasteiger partial charge in [-0.3, -0.25) is 4.79 Å². The summed E-state index contributed by atoms with van der Waals surface area (Å²) in [4.78, 5) is 22.6. The molecule has 0 aliphatic heterocycles. The molecule has 0 aromatic heterocycles. The van der Waals surface area contributed by atoms with Crippen LogP contribution in [0.1, 0.15) is 28.4 Å². The monoisotopic (exact) mass is 341 g/mol. The van der Waals surface area contributed by atoms with Crippen molar-refractivity contribution in [3.63, 3.8) is 0 Å². The number of aromatic carboxylic acids is 1. The number of methoxy groups -OCH3 is 2. The number of hydrogen-bond acceptors (Lipinski definition) is 4. The normalized spacial score (nSPS) is 10.5. The minimum Gasteiger partial charge on any atom is -0.497 e. The zero-order chi connectivity index (χ0) is 18.4. The quantitative estimate of drug-likeness (QED) is 0.785. The molecule has 0 heterocycles. The summed E-state index contributed by atoms with van der Waals surface area (Å²) in [5.74, 6) is -0.0806. The summed E-state index contributed by atoms with van der Waals surface area (Å²) in [5.41, 5.74) is 1.76. The van der Waals surface area contributed by atoms with Crippen LogP contribution in [0.3, 0.4) is 0 Å². The molecule has 1 amide bonds. The van der Waals surface area contributed by atoms with Crippen LogP contribution in [0, 0.1) is 0 Å². The van der Waals surface area contributed by atoms with Crippen LogP contribution >= 0.6 is 0 Å². The summed E-state index contributed by atoms with van der Waals surface area (Å²) in [6.07, 6.45) is 3.57. The van der Waals surface area contributed by atoms with Crippen molar-refractivity contribution in [1.82, 2.24) is 0 Å². The highest BCUT2D eigenvalue weighted by Crippen LogP contribution is 2.26. The molecule has 0 aliphatic carbocycles. The molecule has 2 N–H and O–H groups in total. The molecule has 0 atom stereocenters. The molecular weight excluding hydrogens is 322 g/mol. The van der Waals surface area contributed by atoms with E-state index in [1.165, 1.54) is 13.0 Å². The van der Waals surface area contributed by atoms with Gasteiger partial charge in [-0.15, -0.1) is 0 Å². The fourth-order valence-electron chi connectivity index (χ4n) is 2.30. The van der Waals surface area contributed by atoms with Gasteiger partial charge >= 0.3 is 5.97 Å². The van der Waals surface area contributed by atoms with E-state index in [-0.39, 0.29) is 17.2 Å². The van der Waals surface area contributed by atoms with E-state index in [0.29, 0.717) is 17.1 Å². The average Bonchev–Trinajstić information content (AvgIpc) is 2.59. The molecule has 0 radical (unpaired) electrons. The largest absolute Gasteiger partial charge is 0.497 e. The number of carboxylic acids is 1. The molecule has 2 rings (SSSR count). The van der Waals surface area contributed by atoms with Crippen LogP contribution in [0.25, 0.3) is 12.2 Å². The first-order valence-electron chi connectivity index (χ1n) is 7.49. The second-order valence-corrected chi connectivity index (χ2v) is 5.23. The summed E-state index contributed by atoms with van der Waals surface area (Å²) < 4.78 is 10.5. The summed E-state index contributed by atoms with van der Waals surface area (Å²) in [6.45, 7) is 1.33. The number of carboxylic acid groups (broad SMARTS) is 1. The van der Waals surface area contributed by atoms with Gasteiger partial charge in [0, 0.05) is 12.5 Å². The van der Waals surface area contributed by atoms with Gasteiger partial charge in [0.25, 0.3) is 0 Å². The van der Waals surface area contributed by atoms with Crippen LogP contribution in [0.2, 0.25) is 0 Å². The summed E-state index contributed by atoms with van der Waals surface area (Å²) in [7, 11) is 3.15. The van der Waals surface area contributed by atoms with Crippen molar-refractivity contribution in [2.24, 2.45) is 0 Å². The minimum atomic E-state index is -1.11. The van der Waals surface area contributed by atoms with E-state index in [1.54, 1.807) is 50.6 Å². The van der Waals surface area contributed by atoms with Crippen molar-refractivity contribution >= 4 is 29.7 Å². The van der Waals surface area contributed by atoms with E-state index in [9.17, 15) is 14.7 Å². The van der Waals surface area contributed by atoms with E-state index in [0.717, 1.165) is 5.56 Å². The molecular formula is C19H19NO5. The number of anilines is 1. The summed E-state index contributed by atoms with van der Waals surface area (Å²) >= 11 is 0. The van der Waals surface area contributed by atoms with Gasteiger partial charge < -0.3 is 19.9 Å². The number of nitrogens with one attached hydrogen (secondary N) is 1. The lowest BCUT2D eigenvalue weighted by Crippen LogP contribution is -2.10. The number of carbonyl (C=O) groups is 2. The predicted molar refractivity (Wildman–Crippen MR) is 96.2 cm³/mol. The Kier molecular flexibility index (Phi) is 5.79. The molecule has 0 saturated heterocycles. The molecule has 0 saturated carbocycles. The maximum atomic E-state index is 11.4. The Morgan fingerprint density at radius 2 is 1.80 bits per heavy atom. The molecule has 2 aromatic rings. The van der Waals surface area contributed by atoms with E-state index in [4.69, 9.17) is 9.47 Å². The lowest BCUT2D eigenvalue weighted by atomic mass is 10.1. The van der Waals surface area contributed by atoms with Crippen molar-refractivity contribution in [3.8, 4) is 11.5 Å². The lowest BCUT2D eigenvalue weighted by Gasteiger charge is -2.08. The first-order valence-corrected chi connectivity index (χ1v) is 7.49. The highest BCUT2D eigenvalue weighted by atomic mass is 16.5. The number of carbonyl (C=O) groups excluding carboxylic acids is 1. The van der Waals surface area contributed by atoms with Crippen LogP contribution < -0.4 is 14.8 Å². The molecule has 25 heavy (non-hydrogen) atoms. The Morgan fingerprint density at radius 3 is 2.40 bits per heavy atom. The summed E-state index contributed by atoms with van der Waals surface area (Å²) in [6, 6.07) is 10.2. The molecule has 0 spiro atoms. The van der Waals surface area contributed by atoms with Crippen LogP contribution in [0.4, 0.5) is 5.69 Å². The molecule has 0 fully saturated rings. The highest BCUT2D eigenvalue weighted by Gasteiger charge is 2.11. The number of rotatable bonds is 6. The fraction of sp³-hybridized carbons (Fsp3) is 0.158. The van der Waals surface area contributed by atoms with Gasteiger partial charge in [0.05, 0.1) is 25.5 Å². The molecule has 0 bridgehead atoms. The van der Waals surface area contributed by atoms with E-state index in [2.05, 4.69) is 5.32 Å². The Labute approximate surface area is 145 Å². The topological polar surface area (TPSA) is 84.9 Å². The van der Waals surface area contributed by atoms with Gasteiger partial charge in [0.1, 0.15) is 11.5 Å². The SMILES string of the molecule is COc1ccc(OC)c(C=Cc2ccc(NC(C)=O)c(C(=O)O)c2)c1. The standard InChI is InChI=1S/C19H19NO5/c1-12(21)20-17-8-5-13(10-16(17)19(22)23)4-6-14-11-15(24-2)7-9-18(14)25-3/h4-11H,1-3H3,(H,20,21)(H,22,23). The summed E-state index contributed by atoms with van der Waals surface area (Å²) in [5, 5.41) is 11.8. The van der Waals surface area contributed by atoms with Gasteiger partial charge in [-0.1, -0.05) is 18.2 Å². The van der Waals surface area contributed by atoms with Crippen molar-refractivity contribution in [3.05, 3.63) is 53.1 Å². The zero-order valence-corrected chi connectivity index (χ0v) is 14.2. The first kappa shape index (κ1) is 18.1. The second-order valence-electron chi connectivity index (χ2n) is 5.23. The molecule has 0 aliphatic rings. The number of ether oxygens (including phenoxy) is 2. The number of benzene rings is 2. The van der Waals surface area contributed by atoms with Crippen LogP contribution in [0.5, 0.6) is 11.5 Å². The van der Waals surface area contributed by atoms with Gasteiger partial charge in [0.2, 0.25) is 5.91 Å². The molecule has 6 heteroatoms. The maximum Gasteiger partial charge on any atom is 0.337 e. The van der Waals surface area contributed by atoms with Crippen LogP contribution in [0.15, 0.2) is 36.4 Å². The van der Waals surface area contributed by atoms with Crippen molar-refractivity contribution in [2.45, 2.75) is 6.92 Å². The molecule has 6 nitrogen and oxygen atoms in total. The van der Waals surface area contributed by atoms with Crippen molar-refractivity contribution in [1.29, 1.82) is 0 Å². The lowest BCUT2D eigenvalue weighted by molar-refractivity contribution is -0.114. The van der Waals surface area contributed by atoms with E-state index >= 15 is 0 Å². The fourth-order valence-corrected chi connectivity index (χ4v) is 2.30. The average molecular weight is 341 g/mol. The van der Waals surface area contributed by atoms with E-state index < -0.39 is 5.97 Å². The third-order valence-electron chi connectivity index (χ3n) is 3.48. The Morgan fingerprint density at radius 1 is 1.04 bits per heavy atom. The number of amides is 1. The predicted octanol–water partition coefficient (Wildman–Crippen LogP) is 3.53. The number of hydrogen-bond donors (Lipinski definition) is 2. The van der Waals surface area contributed by atoms with Gasteiger partial charge in [-0.2, -0.15) is 0 Å². The second kappa shape index (κ2) is 8.01. The van der Waals surface area contributed by atoms with E-state index in [1.807, 2.05) is 6.07 Å². The van der Waals surface area contributed by atoms with Gasteiger partial charge in [-0.25, -0.2) is 4.79 Å². The molecule has 0 unspecified atom stereocenters.